The smallest absolute Gasteiger partial charge is 0.0805 e. The second-order valence-electron chi connectivity index (χ2n) is 8.18. The molecule has 1 saturated carbocycles. The van der Waals surface area contributed by atoms with E-state index in [1.54, 1.807) is 12.7 Å². The van der Waals surface area contributed by atoms with Gasteiger partial charge in [-0.1, -0.05) is 37.6 Å². The van der Waals surface area contributed by atoms with E-state index >= 15 is 0 Å². The molecule has 1 saturated heterocycles. The van der Waals surface area contributed by atoms with E-state index in [9.17, 15) is 0 Å². The Labute approximate surface area is 154 Å². The molecule has 1 aromatic carbocycles. The Morgan fingerprint density at radius 1 is 0.960 bits per heavy atom. The highest BCUT2D eigenvalue weighted by Crippen LogP contribution is 2.38. The summed E-state index contributed by atoms with van der Waals surface area (Å²) >= 11 is 0. The Hall–Kier alpha value is -0.860. The summed E-state index contributed by atoms with van der Waals surface area (Å²) in [7, 11) is 1.80. The van der Waals surface area contributed by atoms with Gasteiger partial charge in [0.15, 0.2) is 0 Å². The highest BCUT2D eigenvalue weighted by atomic mass is 16.5. The number of rotatable bonds is 7. The Morgan fingerprint density at radius 2 is 1.72 bits per heavy atom. The summed E-state index contributed by atoms with van der Waals surface area (Å²) in [5.74, 6) is 1.71. The van der Waals surface area contributed by atoms with Crippen LogP contribution in [0.1, 0.15) is 81.8 Å². The largest absolute Gasteiger partial charge is 0.379 e. The SMILES string of the molecule is CCCc1ccc(C2CCC(CCC3CCC(OC)CO3)CC2)cc1. The van der Waals surface area contributed by atoms with Crippen molar-refractivity contribution in [3.05, 3.63) is 35.4 Å². The number of ether oxygens (including phenoxy) is 2. The molecule has 1 heterocycles. The van der Waals surface area contributed by atoms with Crippen molar-refractivity contribution in [2.24, 2.45) is 5.92 Å². The fraction of sp³-hybridized carbons (Fsp3) is 0.739. The maximum absolute atomic E-state index is 5.97. The van der Waals surface area contributed by atoms with E-state index in [1.165, 1.54) is 69.8 Å². The van der Waals surface area contributed by atoms with Crippen LogP contribution >= 0.6 is 0 Å². The van der Waals surface area contributed by atoms with Gasteiger partial charge in [0, 0.05) is 7.11 Å². The van der Waals surface area contributed by atoms with Gasteiger partial charge in [-0.3, -0.25) is 0 Å². The minimum atomic E-state index is 0.329. The van der Waals surface area contributed by atoms with Gasteiger partial charge in [0.05, 0.1) is 18.8 Å². The first kappa shape index (κ1) is 18.9. The molecule has 2 nitrogen and oxygen atoms in total. The van der Waals surface area contributed by atoms with Gasteiger partial charge < -0.3 is 9.47 Å². The third kappa shape index (κ3) is 5.56. The molecule has 2 unspecified atom stereocenters. The molecule has 0 N–H and O–H groups in total. The number of benzene rings is 1. The summed E-state index contributed by atoms with van der Waals surface area (Å²) in [5, 5.41) is 0. The lowest BCUT2D eigenvalue weighted by Crippen LogP contribution is -2.31. The Kier molecular flexibility index (Phi) is 7.36. The lowest BCUT2D eigenvalue weighted by atomic mass is 9.76. The molecule has 2 atom stereocenters. The summed E-state index contributed by atoms with van der Waals surface area (Å²) in [5.41, 5.74) is 3.06. The van der Waals surface area contributed by atoms with Gasteiger partial charge in [0.1, 0.15) is 0 Å². The van der Waals surface area contributed by atoms with Gasteiger partial charge in [-0.25, -0.2) is 0 Å². The van der Waals surface area contributed by atoms with Crippen molar-refractivity contribution >= 4 is 0 Å². The monoisotopic (exact) mass is 344 g/mol. The first-order valence-electron chi connectivity index (χ1n) is 10.5. The second-order valence-corrected chi connectivity index (χ2v) is 8.18. The summed E-state index contributed by atoms with van der Waals surface area (Å²) in [6, 6.07) is 9.47. The fourth-order valence-electron chi connectivity index (χ4n) is 4.65. The minimum absolute atomic E-state index is 0.329. The standard InChI is InChI=1S/C23H36O2/c1-3-4-18-5-10-20(11-6-18)21-12-7-19(8-13-21)9-14-22-15-16-23(24-2)17-25-22/h5-6,10-11,19,21-23H,3-4,7-9,12-17H2,1-2H3. The van der Waals surface area contributed by atoms with Crippen molar-refractivity contribution in [1.29, 1.82) is 0 Å². The Bertz CT molecular complexity index is 479. The molecule has 0 spiro atoms. The zero-order valence-corrected chi connectivity index (χ0v) is 16.2. The van der Waals surface area contributed by atoms with Crippen molar-refractivity contribution in [1.82, 2.24) is 0 Å². The third-order valence-electron chi connectivity index (χ3n) is 6.40. The van der Waals surface area contributed by atoms with Crippen molar-refractivity contribution in [2.75, 3.05) is 13.7 Å². The average molecular weight is 345 g/mol. The molecule has 1 aliphatic heterocycles. The average Bonchev–Trinajstić information content (AvgIpc) is 2.68. The maximum Gasteiger partial charge on any atom is 0.0805 e. The van der Waals surface area contributed by atoms with Crippen LogP contribution in [0.5, 0.6) is 0 Å². The molecule has 0 aromatic heterocycles. The van der Waals surface area contributed by atoms with Crippen LogP contribution in [-0.4, -0.2) is 25.9 Å². The van der Waals surface area contributed by atoms with Crippen LogP contribution in [0.15, 0.2) is 24.3 Å². The van der Waals surface area contributed by atoms with Crippen LogP contribution in [0.25, 0.3) is 0 Å². The zero-order valence-electron chi connectivity index (χ0n) is 16.2. The quantitative estimate of drug-likeness (QED) is 0.614. The Balaban J connectivity index is 1.37. The molecule has 0 radical (unpaired) electrons. The van der Waals surface area contributed by atoms with Crippen LogP contribution in [0.3, 0.4) is 0 Å². The second kappa shape index (κ2) is 9.73. The van der Waals surface area contributed by atoms with E-state index in [4.69, 9.17) is 9.47 Å². The van der Waals surface area contributed by atoms with Crippen molar-refractivity contribution in [2.45, 2.75) is 89.3 Å². The molecule has 1 aromatic rings. The zero-order chi connectivity index (χ0) is 17.5. The molecule has 140 valence electrons. The van der Waals surface area contributed by atoms with Crippen molar-refractivity contribution in [3.63, 3.8) is 0 Å². The van der Waals surface area contributed by atoms with E-state index in [1.807, 2.05) is 0 Å². The molecule has 25 heavy (non-hydrogen) atoms. The predicted molar refractivity (Wildman–Crippen MR) is 104 cm³/mol. The summed E-state index contributed by atoms with van der Waals surface area (Å²) in [4.78, 5) is 0. The first-order chi connectivity index (χ1) is 12.3. The number of hydrogen-bond acceptors (Lipinski definition) is 2. The molecule has 3 rings (SSSR count). The van der Waals surface area contributed by atoms with Crippen LogP contribution in [-0.2, 0) is 15.9 Å². The predicted octanol–water partition coefficient (Wildman–Crippen LogP) is 5.89. The summed E-state index contributed by atoms with van der Waals surface area (Å²) < 4.78 is 11.4. The summed E-state index contributed by atoms with van der Waals surface area (Å²) in [6.45, 7) is 3.05. The van der Waals surface area contributed by atoms with Gasteiger partial charge in [0.25, 0.3) is 0 Å². The van der Waals surface area contributed by atoms with E-state index in [0.717, 1.165) is 18.4 Å². The summed E-state index contributed by atoms with van der Waals surface area (Å²) in [6.07, 6.45) is 13.7. The molecule has 2 aliphatic rings. The Morgan fingerprint density at radius 3 is 2.32 bits per heavy atom. The molecule has 2 heteroatoms. The molecule has 0 bridgehead atoms. The fourth-order valence-corrected chi connectivity index (χ4v) is 4.65. The van der Waals surface area contributed by atoms with Crippen LogP contribution in [0, 0.1) is 5.92 Å². The topological polar surface area (TPSA) is 18.5 Å². The molecule has 0 amide bonds. The first-order valence-corrected chi connectivity index (χ1v) is 10.5. The number of aryl methyl sites for hydroxylation is 1. The highest BCUT2D eigenvalue weighted by molar-refractivity contribution is 5.25. The van der Waals surface area contributed by atoms with Crippen LogP contribution < -0.4 is 0 Å². The normalized spacial score (nSPS) is 30.3. The van der Waals surface area contributed by atoms with E-state index in [0.29, 0.717) is 12.2 Å². The van der Waals surface area contributed by atoms with Gasteiger partial charge in [-0.2, -0.15) is 0 Å². The van der Waals surface area contributed by atoms with Crippen LogP contribution in [0.2, 0.25) is 0 Å². The van der Waals surface area contributed by atoms with Gasteiger partial charge >= 0.3 is 0 Å². The van der Waals surface area contributed by atoms with E-state index in [-0.39, 0.29) is 0 Å². The molecular weight excluding hydrogens is 308 g/mol. The molecule has 2 fully saturated rings. The van der Waals surface area contributed by atoms with Crippen molar-refractivity contribution in [3.8, 4) is 0 Å². The van der Waals surface area contributed by atoms with Crippen molar-refractivity contribution < 1.29 is 9.47 Å². The van der Waals surface area contributed by atoms with E-state index in [2.05, 4.69) is 31.2 Å². The lowest BCUT2D eigenvalue weighted by Gasteiger charge is -2.32. The van der Waals surface area contributed by atoms with Gasteiger partial charge in [0.2, 0.25) is 0 Å². The number of methoxy groups -OCH3 is 1. The minimum Gasteiger partial charge on any atom is -0.379 e. The lowest BCUT2D eigenvalue weighted by molar-refractivity contribution is -0.0750. The number of hydrogen-bond donors (Lipinski definition) is 0. The van der Waals surface area contributed by atoms with E-state index < -0.39 is 0 Å². The highest BCUT2D eigenvalue weighted by Gasteiger charge is 2.25. The third-order valence-corrected chi connectivity index (χ3v) is 6.40. The van der Waals surface area contributed by atoms with Crippen LogP contribution in [0.4, 0.5) is 0 Å². The molecule has 1 aliphatic carbocycles. The maximum atomic E-state index is 5.97. The van der Waals surface area contributed by atoms with Gasteiger partial charge in [-0.15, -0.1) is 0 Å². The van der Waals surface area contributed by atoms with Gasteiger partial charge in [-0.05, 0) is 80.8 Å². The molecular formula is C23H36O2.